The largest absolute Gasteiger partial charge is 0.493 e. The summed E-state index contributed by atoms with van der Waals surface area (Å²) >= 11 is 2.76. The Morgan fingerprint density at radius 1 is 1.15 bits per heavy atom. The molecule has 0 amide bonds. The first-order chi connectivity index (χ1) is 12.7. The lowest BCUT2D eigenvalue weighted by Crippen LogP contribution is -1.98. The van der Waals surface area contributed by atoms with Gasteiger partial charge in [0, 0.05) is 0 Å². The van der Waals surface area contributed by atoms with Gasteiger partial charge in [-0.15, -0.1) is 0 Å². The van der Waals surface area contributed by atoms with E-state index in [1.165, 1.54) is 11.8 Å². The van der Waals surface area contributed by atoms with Gasteiger partial charge in [-0.25, -0.2) is 4.99 Å². The average molecular weight is 386 g/mol. The molecule has 0 aromatic heterocycles. The molecule has 1 aliphatic rings. The van der Waals surface area contributed by atoms with Gasteiger partial charge in [0.2, 0.25) is 5.12 Å². The van der Waals surface area contributed by atoms with Crippen LogP contribution in [0.25, 0.3) is 6.08 Å². The van der Waals surface area contributed by atoms with Crippen molar-refractivity contribution in [1.82, 2.24) is 0 Å². The molecule has 0 saturated heterocycles. The molecule has 0 N–H and O–H groups in total. The number of methoxy groups -OCH3 is 1. The van der Waals surface area contributed by atoms with Crippen LogP contribution >= 0.6 is 23.5 Å². The topological polar surface area (TPSA) is 47.9 Å². The number of ether oxygens (including phenoxy) is 2. The fourth-order valence-corrected chi connectivity index (χ4v) is 4.10. The number of carbonyl (C=O) groups is 1. The zero-order valence-corrected chi connectivity index (χ0v) is 16.2. The van der Waals surface area contributed by atoms with Crippen LogP contribution in [0.1, 0.15) is 18.1 Å². The Morgan fingerprint density at radius 2 is 1.96 bits per heavy atom. The normalized spacial score (nSPS) is 15.2. The molecule has 1 heterocycles. The van der Waals surface area contributed by atoms with Crippen LogP contribution in [0.2, 0.25) is 0 Å². The van der Waals surface area contributed by atoms with Crippen molar-refractivity contribution in [2.45, 2.75) is 13.5 Å². The molecule has 1 aliphatic heterocycles. The van der Waals surface area contributed by atoms with Crippen LogP contribution in [0.15, 0.2) is 59.2 Å². The first kappa shape index (κ1) is 18.6. The summed E-state index contributed by atoms with van der Waals surface area (Å²) in [5.74, 6) is 2.19. The number of benzene rings is 2. The van der Waals surface area contributed by atoms with E-state index in [0.29, 0.717) is 23.8 Å². The van der Waals surface area contributed by atoms with Crippen LogP contribution in [0.4, 0.5) is 0 Å². The minimum Gasteiger partial charge on any atom is -0.493 e. The summed E-state index contributed by atoms with van der Waals surface area (Å²) < 4.78 is 12.1. The van der Waals surface area contributed by atoms with E-state index in [-0.39, 0.29) is 5.12 Å². The highest BCUT2D eigenvalue weighted by Gasteiger charge is 2.22. The second-order valence-electron chi connectivity index (χ2n) is 5.41. The second kappa shape index (κ2) is 8.96. The number of aliphatic imine (C=N–C) groups is 1. The average Bonchev–Trinajstić information content (AvgIpc) is 3.00. The first-order valence-corrected chi connectivity index (χ1v) is 10.00. The molecule has 0 radical (unpaired) electrons. The van der Waals surface area contributed by atoms with Crippen molar-refractivity contribution < 1.29 is 14.3 Å². The van der Waals surface area contributed by atoms with E-state index in [1.807, 2.05) is 55.5 Å². The molecule has 0 spiro atoms. The maximum absolute atomic E-state index is 12.1. The second-order valence-corrected chi connectivity index (χ2v) is 7.89. The van der Waals surface area contributed by atoms with Gasteiger partial charge in [-0.3, -0.25) is 4.79 Å². The van der Waals surface area contributed by atoms with Crippen LogP contribution in [-0.4, -0.2) is 22.4 Å². The predicted octanol–water partition coefficient (Wildman–Crippen LogP) is 5.00. The third kappa shape index (κ3) is 4.71. The van der Waals surface area contributed by atoms with Gasteiger partial charge in [0.25, 0.3) is 0 Å². The fourth-order valence-electron chi connectivity index (χ4n) is 2.36. The van der Waals surface area contributed by atoms with Crippen molar-refractivity contribution in [3.63, 3.8) is 0 Å². The molecular weight excluding hydrogens is 366 g/mol. The molecule has 4 nitrogen and oxygen atoms in total. The quantitative estimate of drug-likeness (QED) is 0.655. The van der Waals surface area contributed by atoms with E-state index in [1.54, 1.807) is 24.9 Å². The molecule has 0 atom stereocenters. The van der Waals surface area contributed by atoms with Crippen LogP contribution in [0.5, 0.6) is 11.5 Å². The highest BCUT2D eigenvalue weighted by molar-refractivity contribution is 8.45. The molecule has 134 valence electrons. The number of thioether (sulfide) groups is 2. The minimum atomic E-state index is -0.0238. The molecular formula is C20H19NO3S2. The van der Waals surface area contributed by atoms with Gasteiger partial charge in [-0.05, 0) is 46.9 Å². The molecule has 0 aliphatic carbocycles. The zero-order chi connectivity index (χ0) is 18.4. The van der Waals surface area contributed by atoms with Crippen LogP contribution in [-0.2, 0) is 11.4 Å². The van der Waals surface area contributed by atoms with E-state index in [9.17, 15) is 4.79 Å². The third-order valence-corrected chi connectivity index (χ3v) is 5.49. The lowest BCUT2D eigenvalue weighted by atomic mass is 10.1. The van der Waals surface area contributed by atoms with Crippen molar-refractivity contribution in [3.05, 3.63) is 65.4 Å². The van der Waals surface area contributed by atoms with E-state index in [4.69, 9.17) is 9.47 Å². The summed E-state index contributed by atoms with van der Waals surface area (Å²) in [6.07, 6.45) is 1.78. The molecule has 0 saturated carbocycles. The molecule has 6 heteroatoms. The highest BCUT2D eigenvalue weighted by atomic mass is 32.2. The predicted molar refractivity (Wildman–Crippen MR) is 110 cm³/mol. The summed E-state index contributed by atoms with van der Waals surface area (Å²) in [5.41, 5.74) is 2.40. The summed E-state index contributed by atoms with van der Waals surface area (Å²) in [6, 6.07) is 15.6. The molecule has 2 aromatic rings. The van der Waals surface area contributed by atoms with Crippen molar-refractivity contribution in [3.8, 4) is 11.5 Å². The first-order valence-electron chi connectivity index (χ1n) is 8.19. The number of rotatable bonds is 6. The van der Waals surface area contributed by atoms with Crippen molar-refractivity contribution in [2.75, 3.05) is 12.9 Å². The Bertz CT molecular complexity index is 847. The van der Waals surface area contributed by atoms with Gasteiger partial charge >= 0.3 is 0 Å². The summed E-state index contributed by atoms with van der Waals surface area (Å²) in [6.45, 7) is 2.51. The van der Waals surface area contributed by atoms with Crippen LogP contribution in [0, 0.1) is 0 Å². The molecule has 0 fully saturated rings. The zero-order valence-electron chi connectivity index (χ0n) is 14.6. The fraction of sp³-hybridized carbons (Fsp3) is 0.200. The summed E-state index contributed by atoms with van der Waals surface area (Å²) in [5, 5.41) is -0.0238. The Hall–Kier alpha value is -2.18. The molecule has 3 rings (SSSR count). The Morgan fingerprint density at radius 3 is 2.69 bits per heavy atom. The molecule has 2 aromatic carbocycles. The highest BCUT2D eigenvalue weighted by Crippen LogP contribution is 2.33. The molecule has 26 heavy (non-hydrogen) atoms. The van der Waals surface area contributed by atoms with E-state index in [2.05, 4.69) is 4.99 Å². The third-order valence-electron chi connectivity index (χ3n) is 3.60. The van der Waals surface area contributed by atoms with Gasteiger partial charge < -0.3 is 9.47 Å². The smallest absolute Gasteiger partial charge is 0.244 e. The van der Waals surface area contributed by atoms with Gasteiger partial charge in [0.05, 0.1) is 7.11 Å². The Labute approximate surface area is 161 Å². The van der Waals surface area contributed by atoms with Gasteiger partial charge in [-0.2, -0.15) is 0 Å². The maximum Gasteiger partial charge on any atom is 0.244 e. The minimum absolute atomic E-state index is 0.0238. The number of hydrogen-bond donors (Lipinski definition) is 0. The van der Waals surface area contributed by atoms with Gasteiger partial charge in [0.1, 0.15) is 16.7 Å². The van der Waals surface area contributed by atoms with Crippen molar-refractivity contribution >= 4 is 39.1 Å². The van der Waals surface area contributed by atoms with Crippen LogP contribution in [0.3, 0.4) is 0 Å². The van der Waals surface area contributed by atoms with Gasteiger partial charge in [-0.1, -0.05) is 55.1 Å². The van der Waals surface area contributed by atoms with E-state index in [0.717, 1.165) is 21.3 Å². The van der Waals surface area contributed by atoms with E-state index < -0.39 is 0 Å². The molecule has 0 bridgehead atoms. The number of hydrogen-bond acceptors (Lipinski definition) is 6. The Kier molecular flexibility index (Phi) is 6.41. The lowest BCUT2D eigenvalue weighted by Gasteiger charge is -2.11. The summed E-state index contributed by atoms with van der Waals surface area (Å²) in [7, 11) is 1.60. The van der Waals surface area contributed by atoms with E-state index >= 15 is 0 Å². The standard InChI is InChI=1S/C20H19NO3S2/c1-3-25-20-21-16(19(22)26-20)11-15-9-10-17(18(12-15)23-2)24-13-14-7-5-4-6-8-14/h4-12H,3,13H2,1-2H3/b16-11+. The monoisotopic (exact) mass is 385 g/mol. The Balaban J connectivity index is 1.76. The summed E-state index contributed by atoms with van der Waals surface area (Å²) in [4.78, 5) is 16.4. The van der Waals surface area contributed by atoms with Crippen LogP contribution < -0.4 is 9.47 Å². The lowest BCUT2D eigenvalue weighted by molar-refractivity contribution is -0.107. The number of nitrogens with zero attached hydrogens (tertiary/aromatic N) is 1. The molecule has 0 unspecified atom stereocenters. The SMILES string of the molecule is CCSC1=N/C(=C/c2ccc(OCc3ccccc3)c(OC)c2)C(=O)S1. The number of carbonyl (C=O) groups excluding carboxylic acids is 1. The van der Waals surface area contributed by atoms with Gasteiger partial charge in [0.15, 0.2) is 11.5 Å². The maximum atomic E-state index is 12.1. The van der Waals surface area contributed by atoms with Crippen molar-refractivity contribution in [2.24, 2.45) is 4.99 Å². The van der Waals surface area contributed by atoms with Crippen molar-refractivity contribution in [1.29, 1.82) is 0 Å².